The summed E-state index contributed by atoms with van der Waals surface area (Å²) in [5.41, 5.74) is 0.768. The van der Waals surface area contributed by atoms with Gasteiger partial charge in [0.25, 0.3) is 5.91 Å². The molecule has 7 heteroatoms. The number of nitrogens with one attached hydrogen (secondary N) is 1. The quantitative estimate of drug-likeness (QED) is 0.870. The molecule has 0 radical (unpaired) electrons. The number of aryl methyl sites for hydroxylation is 2. The summed E-state index contributed by atoms with van der Waals surface area (Å²) in [6.45, 7) is 2.66. The minimum atomic E-state index is -0.465. The zero-order chi connectivity index (χ0) is 16.4. The van der Waals surface area contributed by atoms with E-state index in [9.17, 15) is 9.59 Å². The Kier molecular flexibility index (Phi) is 4.10. The first-order valence-electron chi connectivity index (χ1n) is 7.49. The molecule has 0 saturated heterocycles. The molecule has 1 amide bonds. The fourth-order valence-corrected chi connectivity index (χ4v) is 2.75. The molecule has 1 aromatic carbocycles. The number of carbonyl (C=O) groups excluding carboxylic acids is 2. The van der Waals surface area contributed by atoms with E-state index in [1.807, 2.05) is 11.6 Å². The molecule has 0 spiro atoms. The van der Waals surface area contributed by atoms with E-state index in [1.54, 1.807) is 18.2 Å². The smallest absolute Gasteiger partial charge is 0.337 e. The van der Waals surface area contributed by atoms with Crippen molar-refractivity contribution >= 4 is 11.9 Å². The molecule has 3 rings (SSSR count). The summed E-state index contributed by atoms with van der Waals surface area (Å²) in [5, 5.41) is 7.30. The van der Waals surface area contributed by atoms with Crippen molar-refractivity contribution in [3.63, 3.8) is 0 Å². The molecule has 1 aliphatic rings. The summed E-state index contributed by atoms with van der Waals surface area (Å²) in [6.07, 6.45) is 1.75. The van der Waals surface area contributed by atoms with E-state index >= 15 is 0 Å². The lowest BCUT2D eigenvalue weighted by atomic mass is 10.1. The van der Waals surface area contributed by atoms with Gasteiger partial charge in [-0.25, -0.2) is 14.5 Å². The van der Waals surface area contributed by atoms with Crippen molar-refractivity contribution in [1.82, 2.24) is 20.1 Å². The lowest BCUT2D eigenvalue weighted by Crippen LogP contribution is -2.33. The highest BCUT2D eigenvalue weighted by Gasteiger charge is 2.25. The average Bonchev–Trinajstić information content (AvgIpc) is 2.95. The van der Waals surface area contributed by atoms with Crippen molar-refractivity contribution in [2.45, 2.75) is 32.4 Å². The van der Waals surface area contributed by atoms with Gasteiger partial charge in [-0.05, 0) is 38.0 Å². The third-order valence-corrected chi connectivity index (χ3v) is 3.83. The number of rotatable bonds is 3. The topological polar surface area (TPSA) is 86.1 Å². The second kappa shape index (κ2) is 6.20. The molecule has 1 N–H and O–H groups in total. The third kappa shape index (κ3) is 3.08. The maximum atomic E-state index is 12.5. The van der Waals surface area contributed by atoms with Gasteiger partial charge in [-0.15, -0.1) is 0 Å². The Hall–Kier alpha value is -2.70. The van der Waals surface area contributed by atoms with Gasteiger partial charge in [-0.1, -0.05) is 6.07 Å². The number of carbonyl (C=O) groups is 2. The highest BCUT2D eigenvalue weighted by molar-refractivity contribution is 5.98. The van der Waals surface area contributed by atoms with Gasteiger partial charge in [0.05, 0.1) is 18.7 Å². The molecule has 1 aromatic heterocycles. The van der Waals surface area contributed by atoms with Crippen molar-refractivity contribution < 1.29 is 14.3 Å². The van der Waals surface area contributed by atoms with Crippen molar-refractivity contribution in [2.24, 2.45) is 0 Å². The zero-order valence-corrected chi connectivity index (χ0v) is 13.1. The molecule has 0 fully saturated rings. The second-order valence-electron chi connectivity index (χ2n) is 5.48. The Balaban J connectivity index is 1.79. The number of benzene rings is 1. The van der Waals surface area contributed by atoms with E-state index in [1.165, 1.54) is 13.2 Å². The van der Waals surface area contributed by atoms with Crippen LogP contribution in [0.4, 0.5) is 0 Å². The van der Waals surface area contributed by atoms with Gasteiger partial charge >= 0.3 is 5.97 Å². The fraction of sp³-hybridized carbons (Fsp3) is 0.375. The molecule has 2 heterocycles. The molecule has 2 aromatic rings. The van der Waals surface area contributed by atoms with Crippen LogP contribution in [0, 0.1) is 6.92 Å². The summed E-state index contributed by atoms with van der Waals surface area (Å²) in [4.78, 5) is 28.4. The number of hydrogen-bond donors (Lipinski definition) is 1. The minimum absolute atomic E-state index is 0.167. The normalized spacial score (nSPS) is 16.5. The lowest BCUT2D eigenvalue weighted by Gasteiger charge is -2.23. The van der Waals surface area contributed by atoms with E-state index in [0.29, 0.717) is 17.0 Å². The summed E-state index contributed by atoms with van der Waals surface area (Å²) in [5.74, 6) is 0.780. The molecule has 0 unspecified atom stereocenters. The highest BCUT2D eigenvalue weighted by atomic mass is 16.5. The Morgan fingerprint density at radius 2 is 2.13 bits per heavy atom. The molecule has 0 aliphatic carbocycles. The number of methoxy groups -OCH3 is 1. The first kappa shape index (κ1) is 15.2. The summed E-state index contributed by atoms with van der Waals surface area (Å²) >= 11 is 0. The first-order chi connectivity index (χ1) is 11.1. The standard InChI is InChI=1S/C16H18N4O3/c1-10-17-14-13(7-4-8-20(14)19-10)18-15(21)11-5-3-6-12(9-11)16(22)23-2/h3,5-6,9,13H,4,7-8H2,1-2H3,(H,18,21)/t13-/m0/s1. The summed E-state index contributed by atoms with van der Waals surface area (Å²) in [6, 6.07) is 6.30. The van der Waals surface area contributed by atoms with Crippen LogP contribution < -0.4 is 5.32 Å². The van der Waals surface area contributed by atoms with Crippen LogP contribution in [0.3, 0.4) is 0 Å². The predicted octanol–water partition coefficient (Wildman–Crippen LogP) is 1.64. The Morgan fingerprint density at radius 3 is 2.91 bits per heavy atom. The monoisotopic (exact) mass is 314 g/mol. The van der Waals surface area contributed by atoms with Gasteiger partial charge in [-0.2, -0.15) is 5.10 Å². The van der Waals surface area contributed by atoms with Crippen molar-refractivity contribution in [3.8, 4) is 0 Å². The largest absolute Gasteiger partial charge is 0.465 e. The number of esters is 1. The van der Waals surface area contributed by atoms with Gasteiger partial charge in [0.15, 0.2) is 0 Å². The van der Waals surface area contributed by atoms with Crippen LogP contribution in [-0.2, 0) is 11.3 Å². The van der Waals surface area contributed by atoms with Gasteiger partial charge in [0.2, 0.25) is 0 Å². The van der Waals surface area contributed by atoms with E-state index in [2.05, 4.69) is 20.1 Å². The summed E-state index contributed by atoms with van der Waals surface area (Å²) in [7, 11) is 1.31. The van der Waals surface area contributed by atoms with Crippen molar-refractivity contribution in [1.29, 1.82) is 0 Å². The molecule has 0 bridgehead atoms. The fourth-order valence-electron chi connectivity index (χ4n) is 2.75. The summed E-state index contributed by atoms with van der Waals surface area (Å²) < 4.78 is 6.52. The maximum absolute atomic E-state index is 12.5. The first-order valence-corrected chi connectivity index (χ1v) is 7.49. The molecule has 1 atom stereocenters. The third-order valence-electron chi connectivity index (χ3n) is 3.83. The predicted molar refractivity (Wildman–Crippen MR) is 82.0 cm³/mol. The van der Waals surface area contributed by atoms with Crippen LogP contribution in [0.2, 0.25) is 0 Å². The van der Waals surface area contributed by atoms with Crippen molar-refractivity contribution in [2.75, 3.05) is 7.11 Å². The average molecular weight is 314 g/mol. The minimum Gasteiger partial charge on any atom is -0.465 e. The number of hydrogen-bond acceptors (Lipinski definition) is 5. The molecular weight excluding hydrogens is 296 g/mol. The van der Waals surface area contributed by atoms with Gasteiger partial charge in [0, 0.05) is 12.1 Å². The molecule has 120 valence electrons. The van der Waals surface area contributed by atoms with Gasteiger partial charge in [0.1, 0.15) is 11.6 Å². The SMILES string of the molecule is COC(=O)c1cccc(C(=O)N[C@H]2CCCn3nc(C)nc32)c1. The maximum Gasteiger partial charge on any atom is 0.337 e. The Morgan fingerprint density at radius 1 is 1.35 bits per heavy atom. The van der Waals surface area contributed by atoms with Crippen LogP contribution in [0.5, 0.6) is 0 Å². The van der Waals surface area contributed by atoms with Crippen LogP contribution >= 0.6 is 0 Å². The molecule has 23 heavy (non-hydrogen) atoms. The van der Waals surface area contributed by atoms with Crippen LogP contribution in [0.25, 0.3) is 0 Å². The van der Waals surface area contributed by atoms with Crippen molar-refractivity contribution in [3.05, 3.63) is 47.0 Å². The van der Waals surface area contributed by atoms with Crippen LogP contribution in [0.15, 0.2) is 24.3 Å². The Labute approximate surface area is 133 Å². The number of amides is 1. The van der Waals surface area contributed by atoms with Crippen LogP contribution in [-0.4, -0.2) is 33.8 Å². The molecular formula is C16H18N4O3. The highest BCUT2D eigenvalue weighted by Crippen LogP contribution is 2.23. The van der Waals surface area contributed by atoms with E-state index in [4.69, 9.17) is 0 Å². The Bertz CT molecular complexity index is 754. The molecule has 0 saturated carbocycles. The zero-order valence-electron chi connectivity index (χ0n) is 13.1. The molecule has 1 aliphatic heterocycles. The van der Waals surface area contributed by atoms with Gasteiger partial charge in [-0.3, -0.25) is 4.79 Å². The van der Waals surface area contributed by atoms with E-state index < -0.39 is 5.97 Å². The molecule has 7 nitrogen and oxygen atoms in total. The van der Waals surface area contributed by atoms with Gasteiger partial charge < -0.3 is 10.1 Å². The second-order valence-corrected chi connectivity index (χ2v) is 5.48. The van der Waals surface area contributed by atoms with Crippen LogP contribution in [0.1, 0.15) is 51.2 Å². The van der Waals surface area contributed by atoms with E-state index in [-0.39, 0.29) is 11.9 Å². The number of ether oxygens (including phenoxy) is 1. The van der Waals surface area contributed by atoms with E-state index in [0.717, 1.165) is 25.2 Å². The lowest BCUT2D eigenvalue weighted by molar-refractivity contribution is 0.0600. The number of fused-ring (bicyclic) bond motifs is 1. The number of nitrogens with zero attached hydrogens (tertiary/aromatic N) is 3. The number of aromatic nitrogens is 3.